The SMILES string of the molecule is CCCc1c(C(=O)OC)nnn1CCS(=O)(=O)CC. The molecule has 0 aromatic carbocycles. The van der Waals surface area contributed by atoms with Gasteiger partial charge in [-0.25, -0.2) is 17.9 Å². The van der Waals surface area contributed by atoms with Crippen LogP contribution in [0.1, 0.15) is 36.5 Å². The summed E-state index contributed by atoms with van der Waals surface area (Å²) in [5, 5.41) is 7.62. The van der Waals surface area contributed by atoms with Gasteiger partial charge in [-0.2, -0.15) is 0 Å². The fraction of sp³-hybridized carbons (Fsp3) is 0.727. The highest BCUT2D eigenvalue weighted by molar-refractivity contribution is 7.91. The molecule has 1 rings (SSSR count). The van der Waals surface area contributed by atoms with Crippen LogP contribution in [-0.2, 0) is 27.5 Å². The number of sulfone groups is 1. The van der Waals surface area contributed by atoms with Crippen molar-refractivity contribution in [2.24, 2.45) is 0 Å². The maximum absolute atomic E-state index is 11.5. The highest BCUT2D eigenvalue weighted by Crippen LogP contribution is 2.10. The molecule has 108 valence electrons. The standard InChI is InChI=1S/C11H19N3O4S/c1-4-6-9-10(11(15)18-3)12-13-14(9)7-8-19(16,17)5-2/h4-8H2,1-3H3. The quantitative estimate of drug-likeness (QED) is 0.677. The number of nitrogens with zero attached hydrogens (tertiary/aromatic N) is 3. The van der Waals surface area contributed by atoms with Crippen LogP contribution in [0.25, 0.3) is 0 Å². The molecular weight excluding hydrogens is 270 g/mol. The van der Waals surface area contributed by atoms with Gasteiger partial charge in [-0.05, 0) is 6.42 Å². The number of esters is 1. The Kier molecular flexibility index (Phi) is 5.46. The van der Waals surface area contributed by atoms with E-state index in [0.717, 1.165) is 6.42 Å². The van der Waals surface area contributed by atoms with Gasteiger partial charge in [-0.3, -0.25) is 0 Å². The summed E-state index contributed by atoms with van der Waals surface area (Å²) in [6, 6.07) is 0. The zero-order valence-electron chi connectivity index (χ0n) is 11.4. The molecule has 19 heavy (non-hydrogen) atoms. The Hall–Kier alpha value is -1.44. The van der Waals surface area contributed by atoms with Gasteiger partial charge < -0.3 is 4.74 Å². The number of carbonyl (C=O) groups is 1. The zero-order valence-corrected chi connectivity index (χ0v) is 12.2. The third-order valence-corrected chi connectivity index (χ3v) is 4.44. The molecule has 8 heteroatoms. The lowest BCUT2D eigenvalue weighted by molar-refractivity contribution is 0.0592. The van der Waals surface area contributed by atoms with E-state index in [-0.39, 0.29) is 23.7 Å². The number of methoxy groups -OCH3 is 1. The van der Waals surface area contributed by atoms with Crippen molar-refractivity contribution in [1.82, 2.24) is 15.0 Å². The molecular formula is C11H19N3O4S. The Morgan fingerprint density at radius 2 is 2.05 bits per heavy atom. The summed E-state index contributed by atoms with van der Waals surface area (Å²) in [6.07, 6.45) is 1.40. The third-order valence-electron chi connectivity index (χ3n) is 2.76. The molecule has 1 heterocycles. The Balaban J connectivity index is 2.95. The summed E-state index contributed by atoms with van der Waals surface area (Å²) in [7, 11) is -1.79. The number of ether oxygens (including phenoxy) is 1. The van der Waals surface area contributed by atoms with Gasteiger partial charge in [0.05, 0.1) is 25.1 Å². The predicted octanol–water partition coefficient (Wildman–Crippen LogP) is 0.452. The van der Waals surface area contributed by atoms with Gasteiger partial charge in [-0.15, -0.1) is 5.10 Å². The number of aromatic nitrogens is 3. The maximum atomic E-state index is 11.5. The fourth-order valence-electron chi connectivity index (χ4n) is 1.62. The van der Waals surface area contributed by atoms with E-state index >= 15 is 0 Å². The van der Waals surface area contributed by atoms with Gasteiger partial charge in [0.1, 0.15) is 0 Å². The Labute approximate surface area is 112 Å². The molecule has 0 unspecified atom stereocenters. The normalized spacial score (nSPS) is 11.5. The van der Waals surface area contributed by atoms with Crippen molar-refractivity contribution in [2.75, 3.05) is 18.6 Å². The van der Waals surface area contributed by atoms with E-state index in [0.29, 0.717) is 12.1 Å². The molecule has 0 bridgehead atoms. The second-order valence-corrected chi connectivity index (χ2v) is 6.56. The first-order chi connectivity index (χ1) is 8.95. The minimum Gasteiger partial charge on any atom is -0.464 e. The van der Waals surface area contributed by atoms with Gasteiger partial charge in [0.25, 0.3) is 0 Å². The highest BCUT2D eigenvalue weighted by Gasteiger charge is 2.20. The summed E-state index contributed by atoms with van der Waals surface area (Å²) in [6.45, 7) is 3.76. The largest absolute Gasteiger partial charge is 0.464 e. The number of hydrogen-bond acceptors (Lipinski definition) is 6. The Morgan fingerprint density at radius 3 is 2.58 bits per heavy atom. The highest BCUT2D eigenvalue weighted by atomic mass is 32.2. The first-order valence-corrected chi connectivity index (χ1v) is 7.98. The summed E-state index contributed by atoms with van der Waals surface area (Å²) >= 11 is 0. The van der Waals surface area contributed by atoms with Crippen LogP contribution in [-0.4, -0.2) is 48.0 Å². The number of hydrogen-bond donors (Lipinski definition) is 0. The first kappa shape index (κ1) is 15.6. The van der Waals surface area contributed by atoms with E-state index in [4.69, 9.17) is 0 Å². The molecule has 0 N–H and O–H groups in total. The summed E-state index contributed by atoms with van der Waals surface area (Å²) in [4.78, 5) is 11.5. The number of carbonyl (C=O) groups excluding carboxylic acids is 1. The van der Waals surface area contributed by atoms with Crippen molar-refractivity contribution in [1.29, 1.82) is 0 Å². The molecule has 0 saturated heterocycles. The van der Waals surface area contributed by atoms with Crippen LogP contribution in [0.2, 0.25) is 0 Å². The van der Waals surface area contributed by atoms with Crippen molar-refractivity contribution in [3.63, 3.8) is 0 Å². The van der Waals surface area contributed by atoms with E-state index in [1.54, 1.807) is 6.92 Å². The second-order valence-electron chi connectivity index (χ2n) is 4.09. The zero-order chi connectivity index (χ0) is 14.5. The summed E-state index contributed by atoms with van der Waals surface area (Å²) in [5.74, 6) is -0.466. The molecule has 0 fully saturated rings. The average molecular weight is 289 g/mol. The van der Waals surface area contributed by atoms with Gasteiger partial charge in [0, 0.05) is 5.75 Å². The lowest BCUT2D eigenvalue weighted by atomic mass is 10.2. The molecule has 0 spiro atoms. The van der Waals surface area contributed by atoms with E-state index in [9.17, 15) is 13.2 Å². The van der Waals surface area contributed by atoms with E-state index in [1.807, 2.05) is 6.92 Å². The maximum Gasteiger partial charge on any atom is 0.360 e. The van der Waals surface area contributed by atoms with Gasteiger partial charge >= 0.3 is 5.97 Å². The minimum atomic E-state index is -3.07. The first-order valence-electron chi connectivity index (χ1n) is 6.16. The topological polar surface area (TPSA) is 91.2 Å². The van der Waals surface area contributed by atoms with E-state index < -0.39 is 15.8 Å². The van der Waals surface area contributed by atoms with Crippen molar-refractivity contribution in [3.8, 4) is 0 Å². The molecule has 0 atom stereocenters. The van der Waals surface area contributed by atoms with Crippen LogP contribution < -0.4 is 0 Å². The van der Waals surface area contributed by atoms with Crippen LogP contribution >= 0.6 is 0 Å². The average Bonchev–Trinajstić information content (AvgIpc) is 2.79. The molecule has 1 aromatic rings. The molecule has 0 aliphatic heterocycles. The predicted molar refractivity (Wildman–Crippen MR) is 69.7 cm³/mol. The number of rotatable bonds is 7. The Bertz CT molecular complexity index is 536. The molecule has 0 amide bonds. The van der Waals surface area contributed by atoms with Crippen LogP contribution in [0.15, 0.2) is 0 Å². The number of aryl methyl sites for hydroxylation is 1. The lowest BCUT2D eigenvalue weighted by Crippen LogP contribution is -2.17. The van der Waals surface area contributed by atoms with Crippen LogP contribution in [0, 0.1) is 0 Å². The van der Waals surface area contributed by atoms with Crippen LogP contribution in [0.3, 0.4) is 0 Å². The van der Waals surface area contributed by atoms with Crippen LogP contribution in [0.4, 0.5) is 0 Å². The van der Waals surface area contributed by atoms with Crippen molar-refractivity contribution < 1.29 is 17.9 Å². The van der Waals surface area contributed by atoms with Gasteiger partial charge in [0.2, 0.25) is 0 Å². The molecule has 0 aliphatic rings. The molecule has 0 radical (unpaired) electrons. The van der Waals surface area contributed by atoms with Gasteiger partial charge in [-0.1, -0.05) is 25.5 Å². The second kappa shape index (κ2) is 6.65. The smallest absolute Gasteiger partial charge is 0.360 e. The molecule has 0 saturated carbocycles. The fourth-order valence-corrected chi connectivity index (χ4v) is 2.36. The lowest BCUT2D eigenvalue weighted by Gasteiger charge is -2.06. The van der Waals surface area contributed by atoms with Crippen molar-refractivity contribution in [3.05, 3.63) is 11.4 Å². The van der Waals surface area contributed by atoms with Gasteiger partial charge in [0.15, 0.2) is 15.5 Å². The van der Waals surface area contributed by atoms with Crippen LogP contribution in [0.5, 0.6) is 0 Å². The molecule has 1 aromatic heterocycles. The van der Waals surface area contributed by atoms with E-state index in [2.05, 4.69) is 15.0 Å². The monoisotopic (exact) mass is 289 g/mol. The van der Waals surface area contributed by atoms with Crippen molar-refractivity contribution in [2.45, 2.75) is 33.2 Å². The third kappa shape index (κ3) is 4.02. The van der Waals surface area contributed by atoms with Crippen molar-refractivity contribution >= 4 is 15.8 Å². The minimum absolute atomic E-state index is 0.00974. The van der Waals surface area contributed by atoms with E-state index in [1.165, 1.54) is 11.8 Å². The summed E-state index contributed by atoms with van der Waals surface area (Å²) < 4.78 is 29.1. The molecule has 7 nitrogen and oxygen atoms in total. The summed E-state index contributed by atoms with van der Waals surface area (Å²) in [5.41, 5.74) is 0.791. The Morgan fingerprint density at radius 1 is 1.37 bits per heavy atom. The molecule has 0 aliphatic carbocycles.